The van der Waals surface area contributed by atoms with Crippen molar-refractivity contribution in [2.75, 3.05) is 52.9 Å². The minimum absolute atomic E-state index is 0.0377. The van der Waals surface area contributed by atoms with Crippen LogP contribution in [0.15, 0.2) is 195 Å². The number of benzene rings is 8. The molecule has 4 aromatic heterocycles. The molecule has 20 rings (SSSR count). The minimum Gasteiger partial charge on any atom is -0.487 e. The van der Waals surface area contributed by atoms with E-state index in [1.807, 2.05) is 180 Å². The van der Waals surface area contributed by atoms with Crippen LogP contribution >= 0.6 is 0 Å². The van der Waals surface area contributed by atoms with Crippen LogP contribution in [0.25, 0.3) is 44.5 Å². The lowest BCUT2D eigenvalue weighted by atomic mass is 10.0. The maximum Gasteiger partial charge on any atom is 0.258 e. The Hall–Kier alpha value is -12.6. The summed E-state index contributed by atoms with van der Waals surface area (Å²) in [4.78, 5) is 60.2. The molecule has 664 valence electrons. The molecule has 8 aliphatic rings. The first-order valence-electron chi connectivity index (χ1n) is 43.7. The lowest BCUT2D eigenvalue weighted by molar-refractivity contribution is -0.0752. The van der Waals surface area contributed by atoms with Crippen LogP contribution < -0.4 is 18.9 Å². The standard InChI is InChI=1S/4C25H27N3O4/c2*1-16-20(14-27(2)26-16)18-8-6-17(7-9-18)12-28-13-19-4-3-5-23(24(19)25(28)30)32-22-10-11-31-15-21(22)29;2*1-16-20(14-27(2)26-16)18-8-6-17(7-9-18)12-28-13-19-4-3-5-22(24(19)25(28)30)32-23-15-31-11-10-21(23)29/h2*3-9,14,21-22,29H,10-13,15H2,1-2H3;2*3-9,14,21,23,29H,10-13,15H2,1-2H3/t2*21-,22-;2*21-,23-/m1010/s1. The number of hydrogen-bond donors (Lipinski definition) is 4. The first kappa shape index (κ1) is 87.4. The van der Waals surface area contributed by atoms with Crippen molar-refractivity contribution >= 4 is 23.6 Å². The summed E-state index contributed by atoms with van der Waals surface area (Å²) in [5.74, 6) is 1.96. The summed E-state index contributed by atoms with van der Waals surface area (Å²) in [6.45, 7) is 15.6. The van der Waals surface area contributed by atoms with E-state index < -0.39 is 36.6 Å². The van der Waals surface area contributed by atoms with E-state index >= 15 is 0 Å². The first-order chi connectivity index (χ1) is 62.0. The van der Waals surface area contributed by atoms with Crippen molar-refractivity contribution < 1.29 is 77.5 Å². The van der Waals surface area contributed by atoms with Crippen molar-refractivity contribution in [2.24, 2.45) is 28.2 Å². The van der Waals surface area contributed by atoms with Gasteiger partial charge in [-0.15, -0.1) is 0 Å². The average molecular weight is 1730 g/mol. The molecule has 12 aromatic rings. The molecule has 4 N–H and O–H groups in total. The highest BCUT2D eigenvalue weighted by atomic mass is 16.6. The molecule has 0 radical (unpaired) electrons. The van der Waals surface area contributed by atoms with Crippen LogP contribution in [-0.4, -0.2) is 204 Å². The molecule has 128 heavy (non-hydrogen) atoms. The second-order valence-electron chi connectivity index (χ2n) is 34.2. The van der Waals surface area contributed by atoms with Gasteiger partial charge in [0.25, 0.3) is 23.6 Å². The third-order valence-corrected chi connectivity index (χ3v) is 24.7. The van der Waals surface area contributed by atoms with Gasteiger partial charge < -0.3 is 77.9 Å². The molecular formula is C100H108N12O16. The van der Waals surface area contributed by atoms with Crippen LogP contribution in [0.4, 0.5) is 0 Å². The summed E-state index contributed by atoms with van der Waals surface area (Å²) in [6.07, 6.45) is 6.15. The topological polar surface area (TPSA) is 307 Å². The van der Waals surface area contributed by atoms with Crippen LogP contribution in [0.1, 0.15) is 134 Å². The highest BCUT2D eigenvalue weighted by Crippen LogP contribution is 2.40. The molecule has 8 aliphatic heterocycles. The zero-order valence-corrected chi connectivity index (χ0v) is 73.3. The normalized spacial score (nSPS) is 20.5. The van der Waals surface area contributed by atoms with E-state index in [1.165, 1.54) is 0 Å². The largest absolute Gasteiger partial charge is 0.487 e. The van der Waals surface area contributed by atoms with Crippen molar-refractivity contribution in [3.05, 3.63) is 284 Å². The van der Waals surface area contributed by atoms with Crippen LogP contribution in [0.3, 0.4) is 0 Å². The van der Waals surface area contributed by atoms with Gasteiger partial charge in [-0.1, -0.05) is 146 Å². The smallest absolute Gasteiger partial charge is 0.258 e. The molecule has 0 spiro atoms. The lowest BCUT2D eigenvalue weighted by Crippen LogP contribution is -2.41. The summed E-state index contributed by atoms with van der Waals surface area (Å²) >= 11 is 0. The van der Waals surface area contributed by atoms with E-state index in [4.69, 9.17) is 37.9 Å². The molecule has 28 nitrogen and oxygen atoms in total. The van der Waals surface area contributed by atoms with Gasteiger partial charge in [-0.25, -0.2) is 0 Å². The zero-order chi connectivity index (χ0) is 89.0. The Kier molecular flexibility index (Phi) is 26.3. The SMILES string of the molecule is Cc1nn(C)cc1-c1ccc(CN2Cc3cccc(O[C@@H]4CCOC[C@H]4O)c3C2=O)cc1.Cc1nn(C)cc1-c1ccc(CN2Cc3cccc(O[C@@H]4COCC[C@H]4O)c3C2=O)cc1.Cc1nn(C)cc1-c1ccc(CN2Cc3cccc(O[C@H]4CCOC[C@@H]4O)c3C2=O)cc1.Cc1nn(C)cc1-c1ccc(CN2Cc3cccc(O[C@H]4COCC[C@@H]4O)c3C2=O)cc1. The number of carbonyl (C=O) groups is 4. The van der Waals surface area contributed by atoms with Gasteiger partial charge in [0.1, 0.15) is 59.6 Å². The Bertz CT molecular complexity index is 5280. The van der Waals surface area contributed by atoms with Crippen LogP contribution in [0.2, 0.25) is 0 Å². The fourth-order valence-electron chi connectivity index (χ4n) is 18.0. The highest BCUT2D eigenvalue weighted by molar-refractivity contribution is 6.03. The maximum absolute atomic E-state index is 13.2. The maximum atomic E-state index is 13.2. The number of aromatic nitrogens is 8. The van der Waals surface area contributed by atoms with Crippen molar-refractivity contribution in [3.63, 3.8) is 0 Å². The number of amides is 4. The van der Waals surface area contributed by atoms with E-state index in [-0.39, 0.29) is 49.1 Å². The number of hydrogen-bond acceptors (Lipinski definition) is 20. The van der Waals surface area contributed by atoms with Gasteiger partial charge in [0.15, 0.2) is 0 Å². The number of rotatable bonds is 20. The van der Waals surface area contributed by atoms with E-state index in [1.54, 1.807) is 12.1 Å². The summed E-state index contributed by atoms with van der Waals surface area (Å²) < 4.78 is 52.9. The average Bonchev–Trinajstić information content (AvgIpc) is 1.64. The molecule has 4 saturated heterocycles. The summed E-state index contributed by atoms with van der Waals surface area (Å²) in [6, 6.07) is 55.8. The molecule has 12 heterocycles. The van der Waals surface area contributed by atoms with Gasteiger partial charge in [0.05, 0.1) is 96.9 Å². The lowest BCUT2D eigenvalue weighted by Gasteiger charge is -2.28. The fourth-order valence-corrected chi connectivity index (χ4v) is 18.0. The van der Waals surface area contributed by atoms with Crippen molar-refractivity contribution in [1.82, 2.24) is 58.7 Å². The van der Waals surface area contributed by atoms with E-state index in [0.717, 1.165) is 112 Å². The monoisotopic (exact) mass is 1730 g/mol. The molecule has 0 unspecified atom stereocenters. The Labute approximate surface area is 743 Å². The molecule has 4 amide bonds. The molecular weight excluding hydrogens is 1630 g/mol. The molecule has 0 saturated carbocycles. The van der Waals surface area contributed by atoms with E-state index in [0.29, 0.717) is 163 Å². The zero-order valence-electron chi connectivity index (χ0n) is 73.3. The number of nitrogens with zero attached hydrogens (tertiary/aromatic N) is 12. The van der Waals surface area contributed by atoms with Crippen LogP contribution in [0.5, 0.6) is 23.0 Å². The summed E-state index contributed by atoms with van der Waals surface area (Å²) in [7, 11) is 7.67. The quantitative estimate of drug-likeness (QED) is 0.0551. The van der Waals surface area contributed by atoms with Crippen molar-refractivity contribution in [1.29, 1.82) is 0 Å². The van der Waals surface area contributed by atoms with Gasteiger partial charge in [0, 0.05) is 166 Å². The van der Waals surface area contributed by atoms with Gasteiger partial charge in [0.2, 0.25) is 0 Å². The van der Waals surface area contributed by atoms with E-state index in [2.05, 4.69) is 117 Å². The van der Waals surface area contributed by atoms with Gasteiger partial charge in [-0.2, -0.15) is 20.4 Å². The predicted octanol–water partition coefficient (Wildman–Crippen LogP) is 12.3. The second kappa shape index (κ2) is 38.5. The van der Waals surface area contributed by atoms with Gasteiger partial charge >= 0.3 is 0 Å². The molecule has 8 aromatic carbocycles. The Morgan fingerprint density at radius 3 is 0.766 bits per heavy atom. The number of aryl methyl sites for hydroxylation is 8. The van der Waals surface area contributed by atoms with Crippen LogP contribution in [0, 0.1) is 27.7 Å². The summed E-state index contributed by atoms with van der Waals surface area (Å²) in [5, 5.41) is 58.4. The second-order valence-corrected chi connectivity index (χ2v) is 34.2. The Morgan fingerprint density at radius 1 is 0.305 bits per heavy atom. The number of ether oxygens (including phenoxy) is 8. The van der Waals surface area contributed by atoms with Crippen molar-refractivity contribution in [3.8, 4) is 67.5 Å². The summed E-state index contributed by atoms with van der Waals surface area (Å²) in [5.41, 5.74) is 23.3. The minimum atomic E-state index is -0.686. The highest BCUT2D eigenvalue weighted by Gasteiger charge is 2.39. The Morgan fingerprint density at radius 2 is 0.539 bits per heavy atom. The molecule has 0 bridgehead atoms. The Balaban J connectivity index is 0.000000120. The predicted molar refractivity (Wildman–Crippen MR) is 477 cm³/mol. The van der Waals surface area contributed by atoms with Crippen molar-refractivity contribution in [2.45, 2.75) is 155 Å². The molecule has 0 aliphatic carbocycles. The van der Waals surface area contributed by atoms with Crippen LogP contribution in [-0.2, 0) is 99.5 Å². The van der Waals surface area contributed by atoms with Gasteiger partial charge in [-0.3, -0.25) is 37.9 Å². The number of carbonyl (C=O) groups excluding carboxylic acids is 4. The number of aliphatic hydroxyl groups is 4. The van der Waals surface area contributed by atoms with E-state index in [9.17, 15) is 39.6 Å². The molecule has 8 atom stereocenters. The molecule has 28 heteroatoms. The number of aliphatic hydroxyl groups excluding tert-OH is 4. The third kappa shape index (κ3) is 19.4. The van der Waals surface area contributed by atoms with Gasteiger partial charge in [-0.05, 0) is 119 Å². The third-order valence-electron chi connectivity index (χ3n) is 24.7. The first-order valence-corrected chi connectivity index (χ1v) is 43.7. The fraction of sp³-hybridized carbons (Fsp3) is 0.360. The number of fused-ring (bicyclic) bond motifs is 4. The molecule has 4 fully saturated rings.